The van der Waals surface area contributed by atoms with Gasteiger partial charge in [0.2, 0.25) is 0 Å². The third-order valence-corrected chi connectivity index (χ3v) is 7.67. The molecule has 0 saturated carbocycles. The Bertz CT molecular complexity index is 1610. The van der Waals surface area contributed by atoms with Gasteiger partial charge in [-0.2, -0.15) is 0 Å². The molecule has 0 heteroatoms. The lowest BCUT2D eigenvalue weighted by atomic mass is 9.70. The molecule has 3 aliphatic carbocycles. The highest BCUT2D eigenvalue weighted by atomic mass is 14.3. The summed E-state index contributed by atoms with van der Waals surface area (Å²) in [5, 5.41) is 2.65. The second-order valence-corrected chi connectivity index (χ2v) is 9.58. The second kappa shape index (κ2) is 10.1. The maximum absolute atomic E-state index is 2.42. The van der Waals surface area contributed by atoms with E-state index in [1.165, 1.54) is 55.3 Å². The Morgan fingerprint density at radius 2 is 1.24 bits per heavy atom. The molecule has 0 radical (unpaired) electrons. The molecule has 2 atom stereocenters. The highest BCUT2D eigenvalue weighted by molar-refractivity contribution is 6.10. The first-order chi connectivity index (χ1) is 18.4. The number of allylic oxidation sites excluding steroid dienone is 7. The molecule has 2 unspecified atom stereocenters. The van der Waals surface area contributed by atoms with Crippen LogP contribution in [0.25, 0.3) is 45.7 Å². The van der Waals surface area contributed by atoms with Gasteiger partial charge in [-0.3, -0.25) is 0 Å². The third kappa shape index (κ3) is 3.94. The monoisotopic (exact) mass is 476 g/mol. The van der Waals surface area contributed by atoms with Crippen molar-refractivity contribution in [2.75, 3.05) is 0 Å². The maximum atomic E-state index is 2.42. The van der Waals surface area contributed by atoms with Gasteiger partial charge in [-0.15, -0.1) is 0 Å². The molecular formula is C37H32. The molecule has 4 aromatic rings. The van der Waals surface area contributed by atoms with E-state index >= 15 is 0 Å². The van der Waals surface area contributed by atoms with E-state index in [1.54, 1.807) is 0 Å². The zero-order valence-corrected chi connectivity index (χ0v) is 21.6. The first kappa shape index (κ1) is 23.3. The van der Waals surface area contributed by atoms with Crippen molar-refractivity contribution in [3.63, 3.8) is 0 Å². The van der Waals surface area contributed by atoms with Crippen LogP contribution in [0, 0.1) is 5.92 Å². The molecular weight excluding hydrogens is 444 g/mol. The summed E-state index contributed by atoms with van der Waals surface area (Å²) in [4.78, 5) is 0. The largest absolute Gasteiger partial charge is 0.0801 e. The van der Waals surface area contributed by atoms with E-state index in [2.05, 4.69) is 134 Å². The van der Waals surface area contributed by atoms with Gasteiger partial charge in [-0.1, -0.05) is 147 Å². The summed E-state index contributed by atoms with van der Waals surface area (Å²) in [6.07, 6.45) is 22.0. The lowest BCUT2D eigenvalue weighted by Crippen LogP contribution is -2.18. The maximum Gasteiger partial charge on any atom is 0.0131 e. The third-order valence-electron chi connectivity index (χ3n) is 7.67. The fourth-order valence-electron chi connectivity index (χ4n) is 6.15. The van der Waals surface area contributed by atoms with Gasteiger partial charge in [-0.25, -0.2) is 0 Å². The molecule has 0 aliphatic heterocycles. The topological polar surface area (TPSA) is 0 Å². The molecule has 3 aliphatic rings. The zero-order chi connectivity index (χ0) is 25.2. The SMILES string of the molecule is C1=CC2c3ccccc3C=CC2C(c2c3c(c(-c4ccccc4)c4ccccc24)C=CCC=C3)=C1.CC. The molecule has 0 bridgehead atoms. The Morgan fingerprint density at radius 1 is 0.595 bits per heavy atom. The minimum Gasteiger partial charge on any atom is -0.0801 e. The number of rotatable bonds is 2. The number of benzene rings is 4. The van der Waals surface area contributed by atoms with E-state index in [4.69, 9.17) is 0 Å². The van der Waals surface area contributed by atoms with E-state index in [-0.39, 0.29) is 0 Å². The Morgan fingerprint density at radius 3 is 2.03 bits per heavy atom. The van der Waals surface area contributed by atoms with Crippen molar-refractivity contribution in [3.8, 4) is 11.1 Å². The molecule has 4 aromatic carbocycles. The Labute approximate surface area is 220 Å². The molecule has 7 rings (SSSR count). The van der Waals surface area contributed by atoms with Crippen LogP contribution in [-0.2, 0) is 0 Å². The molecule has 0 saturated heterocycles. The predicted molar refractivity (Wildman–Crippen MR) is 162 cm³/mol. The number of hydrogen-bond acceptors (Lipinski definition) is 0. The van der Waals surface area contributed by atoms with Gasteiger partial charge in [0.15, 0.2) is 0 Å². The normalized spacial score (nSPS) is 18.7. The van der Waals surface area contributed by atoms with Crippen LogP contribution in [0.4, 0.5) is 0 Å². The average Bonchev–Trinajstić information content (AvgIpc) is 3.23. The van der Waals surface area contributed by atoms with Gasteiger partial charge < -0.3 is 0 Å². The van der Waals surface area contributed by atoms with E-state index in [1.807, 2.05) is 13.8 Å². The summed E-state index contributed by atoms with van der Waals surface area (Å²) < 4.78 is 0. The fraction of sp³-hybridized carbons (Fsp3) is 0.135. The lowest BCUT2D eigenvalue weighted by Gasteiger charge is -2.33. The average molecular weight is 477 g/mol. The lowest BCUT2D eigenvalue weighted by molar-refractivity contribution is 0.710. The Balaban J connectivity index is 0.00000123. The molecule has 0 spiro atoms. The highest BCUT2D eigenvalue weighted by Crippen LogP contribution is 2.49. The molecule has 0 nitrogen and oxygen atoms in total. The van der Waals surface area contributed by atoms with E-state index in [9.17, 15) is 0 Å². The smallest absolute Gasteiger partial charge is 0.0131 e. The quantitative estimate of drug-likeness (QED) is 0.270. The van der Waals surface area contributed by atoms with Crippen molar-refractivity contribution in [2.45, 2.75) is 26.2 Å². The molecule has 0 aromatic heterocycles. The van der Waals surface area contributed by atoms with Gasteiger partial charge in [0.1, 0.15) is 0 Å². The van der Waals surface area contributed by atoms with E-state index < -0.39 is 0 Å². The summed E-state index contributed by atoms with van der Waals surface area (Å²) in [6, 6.07) is 28.7. The van der Waals surface area contributed by atoms with Crippen LogP contribution < -0.4 is 0 Å². The van der Waals surface area contributed by atoms with Gasteiger partial charge >= 0.3 is 0 Å². The summed E-state index contributed by atoms with van der Waals surface area (Å²) in [6.45, 7) is 4.00. The molecule has 0 amide bonds. The van der Waals surface area contributed by atoms with Crippen LogP contribution in [0.15, 0.2) is 115 Å². The van der Waals surface area contributed by atoms with Crippen LogP contribution in [-0.4, -0.2) is 0 Å². The van der Waals surface area contributed by atoms with Gasteiger partial charge in [0, 0.05) is 11.8 Å². The predicted octanol–water partition coefficient (Wildman–Crippen LogP) is 10.3. The van der Waals surface area contributed by atoms with Crippen LogP contribution in [0.2, 0.25) is 0 Å². The van der Waals surface area contributed by atoms with E-state index in [0.717, 1.165) is 6.42 Å². The first-order valence-electron chi connectivity index (χ1n) is 13.5. The summed E-state index contributed by atoms with van der Waals surface area (Å²) in [5.74, 6) is 0.690. The summed E-state index contributed by atoms with van der Waals surface area (Å²) >= 11 is 0. The van der Waals surface area contributed by atoms with Crippen LogP contribution in [0.1, 0.15) is 54.0 Å². The highest BCUT2D eigenvalue weighted by Gasteiger charge is 2.32. The van der Waals surface area contributed by atoms with Crippen molar-refractivity contribution < 1.29 is 0 Å². The Kier molecular flexibility index (Phi) is 6.33. The van der Waals surface area contributed by atoms with Crippen LogP contribution in [0.3, 0.4) is 0 Å². The number of fused-ring (bicyclic) bond motifs is 5. The van der Waals surface area contributed by atoms with Crippen LogP contribution in [0.5, 0.6) is 0 Å². The minimum absolute atomic E-state index is 0.325. The van der Waals surface area contributed by atoms with Gasteiger partial charge in [0.25, 0.3) is 0 Å². The van der Waals surface area contributed by atoms with Crippen molar-refractivity contribution >= 4 is 34.6 Å². The fourth-order valence-corrected chi connectivity index (χ4v) is 6.15. The van der Waals surface area contributed by atoms with Crippen LogP contribution >= 0.6 is 0 Å². The molecule has 0 N–H and O–H groups in total. The zero-order valence-electron chi connectivity index (χ0n) is 21.6. The number of hydrogen-bond donors (Lipinski definition) is 0. The molecule has 180 valence electrons. The molecule has 37 heavy (non-hydrogen) atoms. The first-order valence-corrected chi connectivity index (χ1v) is 13.5. The van der Waals surface area contributed by atoms with Gasteiger partial charge in [-0.05, 0) is 61.7 Å². The van der Waals surface area contributed by atoms with E-state index in [0.29, 0.717) is 11.8 Å². The molecule has 0 heterocycles. The van der Waals surface area contributed by atoms with Gasteiger partial charge in [0.05, 0.1) is 0 Å². The summed E-state index contributed by atoms with van der Waals surface area (Å²) in [7, 11) is 0. The molecule has 0 fully saturated rings. The second-order valence-electron chi connectivity index (χ2n) is 9.58. The summed E-state index contributed by atoms with van der Waals surface area (Å²) in [5.41, 5.74) is 10.8. The van der Waals surface area contributed by atoms with Crippen molar-refractivity contribution in [1.82, 2.24) is 0 Å². The van der Waals surface area contributed by atoms with Crippen molar-refractivity contribution in [3.05, 3.63) is 143 Å². The standard InChI is InChI=1S/C35H26.C2H6/c1-3-13-25(14-4-1)34-30-16-5-2-6-17-32(30)35(33-19-10-9-18-31(33)34)29-21-11-20-27-26-15-8-7-12-24(26)22-23-28(27)29;1-2/h1,3-23,27-28H,2H2;1-2H3. The Hall–Kier alpha value is -4.16. The minimum atomic E-state index is 0.325. The van der Waals surface area contributed by atoms with Crippen molar-refractivity contribution in [2.24, 2.45) is 5.92 Å². The van der Waals surface area contributed by atoms with Crippen molar-refractivity contribution in [1.29, 1.82) is 0 Å².